The molecular formula is C13H11FN2. The first-order valence-electron chi connectivity index (χ1n) is 4.96. The maximum Gasteiger partial charge on any atom is 0.0974 e. The van der Waals surface area contributed by atoms with Gasteiger partial charge in [0, 0.05) is 18.0 Å². The molecule has 1 aromatic heterocycles. The third kappa shape index (κ3) is 2.51. The van der Waals surface area contributed by atoms with E-state index in [1.165, 1.54) is 13.0 Å². The van der Waals surface area contributed by atoms with Gasteiger partial charge in [0.2, 0.25) is 0 Å². The summed E-state index contributed by atoms with van der Waals surface area (Å²) in [4.78, 5) is 8.19. The lowest BCUT2D eigenvalue weighted by Gasteiger charge is -2.00. The van der Waals surface area contributed by atoms with Gasteiger partial charge in [-0.2, -0.15) is 0 Å². The molecule has 0 bridgehead atoms. The second-order valence-electron chi connectivity index (χ2n) is 3.44. The quantitative estimate of drug-likeness (QED) is 0.764. The highest BCUT2D eigenvalue weighted by molar-refractivity contribution is 5.61. The largest absolute Gasteiger partial charge is 0.261 e. The molecule has 16 heavy (non-hydrogen) atoms. The number of rotatable bonds is 2. The van der Waals surface area contributed by atoms with Crippen LogP contribution in [0.15, 0.2) is 48.7 Å². The minimum absolute atomic E-state index is 0.202. The molecule has 0 radical (unpaired) electrons. The van der Waals surface area contributed by atoms with Crippen LogP contribution >= 0.6 is 0 Å². The van der Waals surface area contributed by atoms with E-state index < -0.39 is 0 Å². The molecule has 0 amide bonds. The highest BCUT2D eigenvalue weighted by Gasteiger charge is 1.98. The smallest absolute Gasteiger partial charge is 0.0974 e. The van der Waals surface area contributed by atoms with Crippen LogP contribution in [0, 0.1) is 0 Å². The van der Waals surface area contributed by atoms with Crippen molar-refractivity contribution in [3.05, 3.63) is 54.2 Å². The second kappa shape index (κ2) is 4.66. The van der Waals surface area contributed by atoms with E-state index in [-0.39, 0.29) is 5.83 Å². The molecule has 0 saturated heterocycles. The van der Waals surface area contributed by atoms with Crippen LogP contribution in [0.3, 0.4) is 0 Å². The Hall–Kier alpha value is -2.03. The van der Waals surface area contributed by atoms with E-state index in [4.69, 9.17) is 0 Å². The van der Waals surface area contributed by atoms with Crippen LogP contribution in [0.4, 0.5) is 4.39 Å². The van der Waals surface area contributed by atoms with E-state index in [2.05, 4.69) is 9.97 Å². The summed E-state index contributed by atoms with van der Waals surface area (Å²) in [6.45, 7) is 1.43. The molecule has 0 aliphatic heterocycles. The van der Waals surface area contributed by atoms with Crippen molar-refractivity contribution >= 4 is 6.08 Å². The third-order valence-corrected chi connectivity index (χ3v) is 2.14. The van der Waals surface area contributed by atoms with Crippen molar-refractivity contribution in [2.75, 3.05) is 0 Å². The zero-order chi connectivity index (χ0) is 11.4. The summed E-state index contributed by atoms with van der Waals surface area (Å²) in [6, 6.07) is 7.51. The van der Waals surface area contributed by atoms with Crippen molar-refractivity contribution < 1.29 is 4.39 Å². The average Bonchev–Trinajstić information content (AvgIpc) is 2.30. The van der Waals surface area contributed by atoms with Crippen molar-refractivity contribution in [1.82, 2.24) is 9.97 Å². The summed E-state index contributed by atoms with van der Waals surface area (Å²) in [5.74, 6) is -0.202. The van der Waals surface area contributed by atoms with Crippen LogP contribution in [0.5, 0.6) is 0 Å². The maximum atomic E-state index is 12.6. The molecule has 0 spiro atoms. The van der Waals surface area contributed by atoms with Gasteiger partial charge in [0.25, 0.3) is 0 Å². The number of hydrogen-bond donors (Lipinski definition) is 0. The van der Waals surface area contributed by atoms with Crippen LogP contribution < -0.4 is 0 Å². The Labute approximate surface area is 93.5 Å². The number of aromatic nitrogens is 2. The summed E-state index contributed by atoms with van der Waals surface area (Å²) in [5, 5.41) is 0. The first-order valence-corrected chi connectivity index (χ1v) is 4.96. The summed E-state index contributed by atoms with van der Waals surface area (Å²) >= 11 is 0. The normalized spacial score (nSPS) is 11.5. The number of benzene rings is 1. The molecule has 2 nitrogen and oxygen atoms in total. The van der Waals surface area contributed by atoms with Gasteiger partial charge in [0.05, 0.1) is 17.7 Å². The van der Waals surface area contributed by atoms with Crippen LogP contribution in [0.1, 0.15) is 12.5 Å². The van der Waals surface area contributed by atoms with Gasteiger partial charge >= 0.3 is 0 Å². The van der Waals surface area contributed by atoms with E-state index in [9.17, 15) is 4.39 Å². The lowest BCUT2D eigenvalue weighted by Crippen LogP contribution is -1.84. The molecule has 0 N–H and O–H groups in total. The Bertz CT molecular complexity index is 485. The SMILES string of the molecule is C/C(F)=C/c1ccc(-c2cnccn2)cc1. The van der Waals surface area contributed by atoms with E-state index in [0.717, 1.165) is 16.8 Å². The zero-order valence-corrected chi connectivity index (χ0v) is 8.89. The Kier molecular flexibility index (Phi) is 3.05. The molecule has 80 valence electrons. The van der Waals surface area contributed by atoms with Crippen molar-refractivity contribution in [1.29, 1.82) is 0 Å². The fraction of sp³-hybridized carbons (Fsp3) is 0.0769. The van der Waals surface area contributed by atoms with E-state index in [0.29, 0.717) is 0 Å². The molecular weight excluding hydrogens is 203 g/mol. The lowest BCUT2D eigenvalue weighted by atomic mass is 10.1. The van der Waals surface area contributed by atoms with Gasteiger partial charge in [-0.3, -0.25) is 9.97 Å². The molecule has 2 rings (SSSR count). The van der Waals surface area contributed by atoms with Crippen LogP contribution in [0.25, 0.3) is 17.3 Å². The fourth-order valence-electron chi connectivity index (χ4n) is 1.43. The Morgan fingerprint density at radius 2 is 1.94 bits per heavy atom. The number of allylic oxidation sites excluding steroid dienone is 1. The minimum atomic E-state index is -0.202. The van der Waals surface area contributed by atoms with Gasteiger partial charge < -0.3 is 0 Å². The molecule has 0 saturated carbocycles. The predicted octanol–water partition coefficient (Wildman–Crippen LogP) is 3.47. The highest BCUT2D eigenvalue weighted by atomic mass is 19.1. The molecule has 0 atom stereocenters. The van der Waals surface area contributed by atoms with Crippen molar-refractivity contribution in [3.8, 4) is 11.3 Å². The molecule has 0 fully saturated rings. The van der Waals surface area contributed by atoms with Crippen molar-refractivity contribution in [3.63, 3.8) is 0 Å². The van der Waals surface area contributed by atoms with E-state index in [1.807, 2.05) is 24.3 Å². The first kappa shape index (κ1) is 10.5. The van der Waals surface area contributed by atoms with E-state index >= 15 is 0 Å². The number of hydrogen-bond acceptors (Lipinski definition) is 2. The Morgan fingerprint density at radius 3 is 2.50 bits per heavy atom. The third-order valence-electron chi connectivity index (χ3n) is 2.14. The van der Waals surface area contributed by atoms with Crippen molar-refractivity contribution in [2.24, 2.45) is 0 Å². The van der Waals surface area contributed by atoms with E-state index in [1.54, 1.807) is 18.6 Å². The van der Waals surface area contributed by atoms with Gasteiger partial charge in [-0.1, -0.05) is 24.3 Å². The molecule has 0 unspecified atom stereocenters. The lowest BCUT2D eigenvalue weighted by molar-refractivity contribution is 0.648. The van der Waals surface area contributed by atoms with Gasteiger partial charge in [-0.25, -0.2) is 4.39 Å². The highest BCUT2D eigenvalue weighted by Crippen LogP contribution is 2.17. The van der Waals surface area contributed by atoms with Crippen LogP contribution in [-0.4, -0.2) is 9.97 Å². The summed E-state index contributed by atoms with van der Waals surface area (Å²) < 4.78 is 12.6. The van der Waals surface area contributed by atoms with Gasteiger partial charge in [0.1, 0.15) is 0 Å². The standard InChI is InChI=1S/C13H11FN2/c1-10(14)8-11-2-4-12(5-3-11)13-9-15-6-7-16-13/h2-9H,1H3/b10-8-. The molecule has 3 heteroatoms. The van der Waals surface area contributed by atoms with Crippen LogP contribution in [0.2, 0.25) is 0 Å². The van der Waals surface area contributed by atoms with Gasteiger partial charge in [0.15, 0.2) is 0 Å². The van der Waals surface area contributed by atoms with Crippen LogP contribution in [-0.2, 0) is 0 Å². The Morgan fingerprint density at radius 1 is 1.19 bits per heavy atom. The Balaban J connectivity index is 2.30. The minimum Gasteiger partial charge on any atom is -0.261 e. The molecule has 1 aromatic carbocycles. The van der Waals surface area contributed by atoms with Gasteiger partial charge in [-0.05, 0) is 18.6 Å². The molecule has 2 aromatic rings. The summed E-state index contributed by atoms with van der Waals surface area (Å²) in [6.07, 6.45) is 6.47. The molecule has 1 heterocycles. The fourth-order valence-corrected chi connectivity index (χ4v) is 1.43. The van der Waals surface area contributed by atoms with Gasteiger partial charge in [-0.15, -0.1) is 0 Å². The second-order valence-corrected chi connectivity index (χ2v) is 3.44. The summed E-state index contributed by atoms with van der Waals surface area (Å²) in [5.41, 5.74) is 2.63. The number of halogens is 1. The zero-order valence-electron chi connectivity index (χ0n) is 8.89. The monoisotopic (exact) mass is 214 g/mol. The number of nitrogens with zero attached hydrogens (tertiary/aromatic N) is 2. The topological polar surface area (TPSA) is 25.8 Å². The molecule has 0 aliphatic carbocycles. The summed E-state index contributed by atoms with van der Waals surface area (Å²) in [7, 11) is 0. The average molecular weight is 214 g/mol. The first-order chi connectivity index (χ1) is 7.75. The van der Waals surface area contributed by atoms with Crippen molar-refractivity contribution in [2.45, 2.75) is 6.92 Å². The maximum absolute atomic E-state index is 12.6. The molecule has 0 aliphatic rings. The predicted molar refractivity (Wildman–Crippen MR) is 62.2 cm³/mol.